The summed E-state index contributed by atoms with van der Waals surface area (Å²) in [4.78, 5) is 20.1. The van der Waals surface area contributed by atoms with E-state index in [1.807, 2.05) is 35.6 Å². The second kappa shape index (κ2) is 8.11. The van der Waals surface area contributed by atoms with Crippen LogP contribution in [-0.4, -0.2) is 50.6 Å². The predicted octanol–water partition coefficient (Wildman–Crippen LogP) is 3.27. The number of hydrogen-bond donors (Lipinski definition) is 2. The van der Waals surface area contributed by atoms with Gasteiger partial charge in [0.15, 0.2) is 0 Å². The first-order chi connectivity index (χ1) is 14.7. The number of aryl methyl sites for hydroxylation is 3. The van der Waals surface area contributed by atoms with Gasteiger partial charge in [0, 0.05) is 44.0 Å². The fraction of sp³-hybridized carbons (Fsp3) is 0.542. The number of likely N-dealkylation sites (tertiary alicyclic amines) is 1. The lowest BCUT2D eigenvalue weighted by molar-refractivity contribution is -0.130. The fourth-order valence-electron chi connectivity index (χ4n) is 4.48. The number of aliphatic imine (C=N–C) groups is 1. The van der Waals surface area contributed by atoms with Gasteiger partial charge in [-0.1, -0.05) is 18.2 Å². The number of hydrogen-bond acceptors (Lipinski definition) is 4. The summed E-state index contributed by atoms with van der Waals surface area (Å²) in [6.45, 7) is 13.1. The van der Waals surface area contributed by atoms with Gasteiger partial charge in [-0.3, -0.25) is 19.8 Å². The van der Waals surface area contributed by atoms with Crippen molar-refractivity contribution in [3.05, 3.63) is 47.3 Å². The Bertz CT molecular complexity index is 1000. The van der Waals surface area contributed by atoms with Crippen molar-refractivity contribution in [1.29, 1.82) is 0 Å². The largest absolute Gasteiger partial charge is 0.342 e. The number of amides is 1. The van der Waals surface area contributed by atoms with E-state index in [0.717, 1.165) is 42.4 Å². The van der Waals surface area contributed by atoms with Crippen LogP contribution in [-0.2, 0) is 17.9 Å². The molecule has 0 aliphatic carbocycles. The van der Waals surface area contributed by atoms with Crippen molar-refractivity contribution in [3.63, 3.8) is 0 Å². The molecule has 166 valence electrons. The van der Waals surface area contributed by atoms with E-state index in [-0.39, 0.29) is 17.0 Å². The highest BCUT2D eigenvalue weighted by Crippen LogP contribution is 2.31. The Labute approximate surface area is 184 Å². The molecule has 1 spiro atoms. The molecule has 7 heteroatoms. The molecule has 2 aliphatic heterocycles. The maximum absolute atomic E-state index is 13.1. The minimum absolute atomic E-state index is 0.170. The molecule has 1 unspecified atom stereocenters. The molecule has 0 radical (unpaired) electrons. The Morgan fingerprint density at radius 3 is 2.74 bits per heavy atom. The molecule has 31 heavy (non-hydrogen) atoms. The number of amidine groups is 1. The van der Waals surface area contributed by atoms with Crippen molar-refractivity contribution in [2.24, 2.45) is 4.99 Å². The van der Waals surface area contributed by atoms with Crippen molar-refractivity contribution in [2.45, 2.75) is 71.6 Å². The van der Waals surface area contributed by atoms with Crippen LogP contribution in [0.4, 0.5) is 5.69 Å². The normalized spacial score (nSPS) is 22.5. The minimum atomic E-state index is -0.361. The van der Waals surface area contributed by atoms with Gasteiger partial charge in [0.1, 0.15) is 5.84 Å². The van der Waals surface area contributed by atoms with Crippen molar-refractivity contribution < 1.29 is 4.79 Å². The van der Waals surface area contributed by atoms with Gasteiger partial charge >= 0.3 is 0 Å². The first-order valence-electron chi connectivity index (χ1n) is 11.1. The summed E-state index contributed by atoms with van der Waals surface area (Å²) in [5.41, 5.74) is 3.81. The fourth-order valence-corrected chi connectivity index (χ4v) is 4.48. The maximum Gasteiger partial charge on any atom is 0.224 e. The maximum atomic E-state index is 13.1. The molecular formula is C24H34N6O. The van der Waals surface area contributed by atoms with Gasteiger partial charge in [-0.25, -0.2) is 0 Å². The third kappa shape index (κ3) is 4.66. The van der Waals surface area contributed by atoms with Crippen molar-refractivity contribution in [2.75, 3.05) is 18.4 Å². The second-order valence-electron chi connectivity index (χ2n) is 9.81. The van der Waals surface area contributed by atoms with Gasteiger partial charge in [-0.2, -0.15) is 5.10 Å². The Balaban J connectivity index is 1.52. The van der Waals surface area contributed by atoms with Gasteiger partial charge in [-0.15, -0.1) is 0 Å². The highest BCUT2D eigenvalue weighted by Gasteiger charge is 2.45. The number of anilines is 1. The number of carbonyl (C=O) groups is 1. The van der Waals surface area contributed by atoms with Gasteiger partial charge < -0.3 is 10.2 Å². The van der Waals surface area contributed by atoms with E-state index in [4.69, 9.17) is 4.99 Å². The monoisotopic (exact) mass is 422 g/mol. The third-order valence-electron chi connectivity index (χ3n) is 6.05. The number of nitrogens with zero attached hydrogens (tertiary/aromatic N) is 4. The molecule has 2 N–H and O–H groups in total. The Hall–Kier alpha value is -2.67. The summed E-state index contributed by atoms with van der Waals surface area (Å²) in [6.07, 6.45) is 1.30. The van der Waals surface area contributed by atoms with Crippen LogP contribution in [0.25, 0.3) is 0 Å². The zero-order chi connectivity index (χ0) is 22.2. The SMILES string of the molecule is Cc1cc(C)n(CCC(=O)N2CCC3(C2)NCc2ccccc2NC3=NC(C)(C)C)n1. The lowest BCUT2D eigenvalue weighted by Crippen LogP contribution is -2.56. The molecule has 0 saturated carbocycles. The summed E-state index contributed by atoms with van der Waals surface area (Å²) < 4.78 is 1.92. The van der Waals surface area contributed by atoms with Gasteiger partial charge in [0.2, 0.25) is 5.91 Å². The summed E-state index contributed by atoms with van der Waals surface area (Å²) in [5.74, 6) is 1.10. The number of rotatable bonds is 3. The molecular weight excluding hydrogens is 388 g/mol. The predicted molar refractivity (Wildman–Crippen MR) is 124 cm³/mol. The number of benzene rings is 1. The molecule has 1 atom stereocenters. The molecule has 2 aromatic rings. The molecule has 4 rings (SSSR count). The standard InChI is InChI=1S/C24H34N6O/c1-17-14-18(2)30(28-17)12-10-21(31)29-13-11-24(16-29)22(27-23(3,4)5)26-20-9-7-6-8-19(20)15-25-24/h6-9,14,25H,10-13,15-16H2,1-5H3,(H,26,27). The quantitative estimate of drug-likeness (QED) is 0.796. The topological polar surface area (TPSA) is 74.6 Å². The number of nitrogens with one attached hydrogen (secondary N) is 2. The highest BCUT2D eigenvalue weighted by molar-refractivity contribution is 6.04. The first kappa shape index (κ1) is 21.6. The summed E-state index contributed by atoms with van der Waals surface area (Å²) >= 11 is 0. The van der Waals surface area contributed by atoms with Gasteiger partial charge in [0.05, 0.1) is 16.8 Å². The average molecular weight is 423 g/mol. The molecule has 1 aromatic heterocycles. The molecule has 1 amide bonds. The molecule has 0 bridgehead atoms. The van der Waals surface area contributed by atoms with Crippen LogP contribution >= 0.6 is 0 Å². The molecule has 7 nitrogen and oxygen atoms in total. The van der Waals surface area contributed by atoms with Crippen LogP contribution in [0.3, 0.4) is 0 Å². The van der Waals surface area contributed by atoms with Crippen LogP contribution < -0.4 is 10.6 Å². The van der Waals surface area contributed by atoms with Crippen LogP contribution in [0.1, 0.15) is 50.6 Å². The average Bonchev–Trinajstić information content (AvgIpc) is 3.23. The summed E-state index contributed by atoms with van der Waals surface area (Å²) in [6, 6.07) is 10.4. The van der Waals surface area contributed by atoms with Crippen LogP contribution in [0.5, 0.6) is 0 Å². The minimum Gasteiger partial charge on any atom is -0.342 e. The smallest absolute Gasteiger partial charge is 0.224 e. The van der Waals surface area contributed by atoms with Crippen LogP contribution in [0.2, 0.25) is 0 Å². The van der Waals surface area contributed by atoms with E-state index >= 15 is 0 Å². The Kier molecular flexibility index (Phi) is 5.64. The Morgan fingerprint density at radius 2 is 2.03 bits per heavy atom. The van der Waals surface area contributed by atoms with Crippen molar-refractivity contribution in [3.8, 4) is 0 Å². The number of carbonyl (C=O) groups excluding carboxylic acids is 1. The molecule has 1 saturated heterocycles. The lowest BCUT2D eigenvalue weighted by atomic mass is 9.95. The van der Waals surface area contributed by atoms with Crippen molar-refractivity contribution in [1.82, 2.24) is 20.0 Å². The highest BCUT2D eigenvalue weighted by atomic mass is 16.2. The van der Waals surface area contributed by atoms with E-state index < -0.39 is 0 Å². The van der Waals surface area contributed by atoms with Gasteiger partial charge in [-0.05, 0) is 58.7 Å². The number of para-hydroxylation sites is 1. The van der Waals surface area contributed by atoms with E-state index in [0.29, 0.717) is 19.5 Å². The van der Waals surface area contributed by atoms with Crippen molar-refractivity contribution >= 4 is 17.4 Å². The molecule has 3 heterocycles. The van der Waals surface area contributed by atoms with Gasteiger partial charge in [0.25, 0.3) is 0 Å². The number of aromatic nitrogens is 2. The summed E-state index contributed by atoms with van der Waals surface area (Å²) in [5, 5.41) is 11.8. The second-order valence-corrected chi connectivity index (χ2v) is 9.81. The zero-order valence-corrected chi connectivity index (χ0v) is 19.3. The summed E-state index contributed by atoms with van der Waals surface area (Å²) in [7, 11) is 0. The Morgan fingerprint density at radius 1 is 1.26 bits per heavy atom. The molecule has 1 aromatic carbocycles. The third-order valence-corrected chi connectivity index (χ3v) is 6.05. The van der Waals surface area contributed by atoms with E-state index in [1.54, 1.807) is 0 Å². The van der Waals surface area contributed by atoms with E-state index in [9.17, 15) is 4.79 Å². The van der Waals surface area contributed by atoms with Crippen LogP contribution in [0, 0.1) is 13.8 Å². The first-order valence-corrected chi connectivity index (χ1v) is 11.1. The van der Waals surface area contributed by atoms with E-state index in [1.165, 1.54) is 5.56 Å². The van der Waals surface area contributed by atoms with E-state index in [2.05, 4.69) is 54.7 Å². The molecule has 1 fully saturated rings. The number of fused-ring (bicyclic) bond motifs is 1. The lowest BCUT2D eigenvalue weighted by Gasteiger charge is -2.32. The molecule has 2 aliphatic rings. The van der Waals surface area contributed by atoms with Crippen LogP contribution in [0.15, 0.2) is 35.3 Å². The zero-order valence-electron chi connectivity index (χ0n) is 19.3.